The van der Waals surface area contributed by atoms with Gasteiger partial charge in [0.05, 0.1) is 5.69 Å². The van der Waals surface area contributed by atoms with Crippen molar-refractivity contribution in [3.63, 3.8) is 0 Å². The van der Waals surface area contributed by atoms with Gasteiger partial charge in [-0.1, -0.05) is 6.42 Å². The Labute approximate surface area is 142 Å². The smallest absolute Gasteiger partial charge is 0.248 e. The minimum atomic E-state index is 0.0806. The summed E-state index contributed by atoms with van der Waals surface area (Å²) in [7, 11) is 1.56. The number of likely N-dealkylation sites (tertiary alicyclic amines) is 1. The molecule has 0 spiro atoms. The standard InChI is InChI=1S/C16H26N4O2S/c1-22-12-15(21)19-7-9-20(10-8-19)16-17-14(13-23-16)11-18-5-3-2-4-6-18/h13H,2-12H2,1H3. The average molecular weight is 338 g/mol. The second kappa shape index (κ2) is 8.08. The lowest BCUT2D eigenvalue weighted by atomic mass is 10.1. The Morgan fingerprint density at radius 1 is 1.17 bits per heavy atom. The molecule has 1 aromatic rings. The molecule has 1 amide bonds. The van der Waals surface area contributed by atoms with Crippen LogP contribution in [0, 0.1) is 0 Å². The van der Waals surface area contributed by atoms with E-state index in [-0.39, 0.29) is 12.5 Å². The van der Waals surface area contributed by atoms with E-state index in [1.165, 1.54) is 38.0 Å². The summed E-state index contributed by atoms with van der Waals surface area (Å²) in [4.78, 5) is 23.3. The molecule has 2 fully saturated rings. The number of ether oxygens (including phenoxy) is 1. The second-order valence-corrected chi connectivity index (χ2v) is 7.10. The van der Waals surface area contributed by atoms with Crippen molar-refractivity contribution in [2.45, 2.75) is 25.8 Å². The van der Waals surface area contributed by atoms with Crippen LogP contribution >= 0.6 is 11.3 Å². The summed E-state index contributed by atoms with van der Waals surface area (Å²) in [6.07, 6.45) is 3.99. The van der Waals surface area contributed by atoms with Crippen molar-refractivity contribution in [1.29, 1.82) is 0 Å². The molecular formula is C16H26N4O2S. The van der Waals surface area contributed by atoms with Crippen LogP contribution in [0.5, 0.6) is 0 Å². The van der Waals surface area contributed by atoms with Crippen molar-refractivity contribution < 1.29 is 9.53 Å². The molecule has 0 bridgehead atoms. The van der Waals surface area contributed by atoms with Gasteiger partial charge in [0.25, 0.3) is 0 Å². The lowest BCUT2D eigenvalue weighted by Gasteiger charge is -2.34. The van der Waals surface area contributed by atoms with Crippen molar-refractivity contribution in [3.05, 3.63) is 11.1 Å². The Bertz CT molecular complexity index is 508. The number of carbonyl (C=O) groups excluding carboxylic acids is 1. The molecule has 0 saturated carbocycles. The second-order valence-electron chi connectivity index (χ2n) is 6.26. The van der Waals surface area contributed by atoms with E-state index in [9.17, 15) is 4.79 Å². The van der Waals surface area contributed by atoms with Crippen LogP contribution < -0.4 is 4.90 Å². The number of carbonyl (C=O) groups is 1. The largest absolute Gasteiger partial charge is 0.375 e. The van der Waals surface area contributed by atoms with Crippen LogP contribution in [-0.2, 0) is 16.1 Å². The highest BCUT2D eigenvalue weighted by molar-refractivity contribution is 7.13. The lowest BCUT2D eigenvalue weighted by Crippen LogP contribution is -2.49. The number of nitrogens with zero attached hydrogens (tertiary/aromatic N) is 4. The lowest BCUT2D eigenvalue weighted by molar-refractivity contribution is -0.135. The van der Waals surface area contributed by atoms with Gasteiger partial charge in [-0.2, -0.15) is 0 Å². The minimum absolute atomic E-state index is 0.0806. The van der Waals surface area contributed by atoms with Crippen molar-refractivity contribution >= 4 is 22.4 Å². The zero-order chi connectivity index (χ0) is 16.1. The van der Waals surface area contributed by atoms with Gasteiger partial charge in [-0.05, 0) is 25.9 Å². The predicted molar refractivity (Wildman–Crippen MR) is 91.9 cm³/mol. The van der Waals surface area contributed by atoms with Gasteiger partial charge in [-0.25, -0.2) is 4.98 Å². The van der Waals surface area contributed by atoms with Gasteiger partial charge in [-0.3, -0.25) is 9.69 Å². The van der Waals surface area contributed by atoms with E-state index in [1.54, 1.807) is 18.4 Å². The zero-order valence-electron chi connectivity index (χ0n) is 13.9. The number of hydrogen-bond donors (Lipinski definition) is 0. The van der Waals surface area contributed by atoms with Crippen LogP contribution in [-0.4, -0.2) is 73.7 Å². The number of anilines is 1. The number of methoxy groups -OCH3 is 1. The SMILES string of the molecule is COCC(=O)N1CCN(c2nc(CN3CCCCC3)cs2)CC1. The monoisotopic (exact) mass is 338 g/mol. The Kier molecular flexibility index (Phi) is 5.85. The van der Waals surface area contributed by atoms with Crippen molar-refractivity contribution in [3.8, 4) is 0 Å². The number of amides is 1. The van der Waals surface area contributed by atoms with Crippen molar-refractivity contribution in [1.82, 2.24) is 14.8 Å². The Morgan fingerprint density at radius 3 is 2.61 bits per heavy atom. The molecule has 0 aliphatic carbocycles. The van der Waals surface area contributed by atoms with E-state index < -0.39 is 0 Å². The fraction of sp³-hybridized carbons (Fsp3) is 0.750. The summed E-state index contributed by atoms with van der Waals surface area (Å²) >= 11 is 1.72. The van der Waals surface area contributed by atoms with Crippen LogP contribution in [0.3, 0.4) is 0 Å². The van der Waals surface area contributed by atoms with Crippen LogP contribution in [0.15, 0.2) is 5.38 Å². The quantitative estimate of drug-likeness (QED) is 0.813. The summed E-state index contributed by atoms with van der Waals surface area (Å²) in [5.74, 6) is 0.0806. The number of hydrogen-bond acceptors (Lipinski definition) is 6. The molecule has 2 aliphatic heterocycles. The third-order valence-corrected chi connectivity index (χ3v) is 5.49. The molecule has 6 nitrogen and oxygen atoms in total. The fourth-order valence-electron chi connectivity index (χ4n) is 3.22. The first-order chi connectivity index (χ1) is 11.3. The van der Waals surface area contributed by atoms with Gasteiger partial charge in [0.15, 0.2) is 5.13 Å². The predicted octanol–water partition coefficient (Wildman–Crippen LogP) is 1.42. The fourth-order valence-corrected chi connectivity index (χ4v) is 4.09. The molecule has 128 valence electrons. The maximum absolute atomic E-state index is 11.8. The van der Waals surface area contributed by atoms with Gasteiger partial charge in [-0.15, -0.1) is 11.3 Å². The van der Waals surface area contributed by atoms with E-state index in [4.69, 9.17) is 9.72 Å². The van der Waals surface area contributed by atoms with Gasteiger partial charge < -0.3 is 14.5 Å². The average Bonchev–Trinajstić information content (AvgIpc) is 3.05. The third kappa shape index (κ3) is 4.43. The highest BCUT2D eigenvalue weighted by Gasteiger charge is 2.23. The molecule has 0 atom stereocenters. The summed E-state index contributed by atoms with van der Waals surface area (Å²) in [5.41, 5.74) is 1.18. The van der Waals surface area contributed by atoms with E-state index >= 15 is 0 Å². The molecule has 0 unspecified atom stereocenters. The topological polar surface area (TPSA) is 48.9 Å². The van der Waals surface area contributed by atoms with E-state index in [0.717, 1.165) is 37.9 Å². The van der Waals surface area contributed by atoms with Gasteiger partial charge in [0.1, 0.15) is 6.61 Å². The number of piperidine rings is 1. The summed E-state index contributed by atoms with van der Waals surface area (Å²) in [6.45, 7) is 6.77. The number of piperazine rings is 1. The third-order valence-electron chi connectivity index (χ3n) is 4.54. The number of rotatable bonds is 5. The maximum Gasteiger partial charge on any atom is 0.248 e. The maximum atomic E-state index is 11.8. The molecule has 0 aromatic carbocycles. The highest BCUT2D eigenvalue weighted by atomic mass is 32.1. The van der Waals surface area contributed by atoms with Crippen molar-refractivity contribution in [2.24, 2.45) is 0 Å². The van der Waals surface area contributed by atoms with Crippen LogP contribution in [0.2, 0.25) is 0 Å². The molecule has 3 heterocycles. The summed E-state index contributed by atoms with van der Waals surface area (Å²) < 4.78 is 4.92. The first kappa shape index (κ1) is 16.7. The minimum Gasteiger partial charge on any atom is -0.375 e. The molecule has 23 heavy (non-hydrogen) atoms. The molecular weight excluding hydrogens is 312 g/mol. The molecule has 1 aromatic heterocycles. The molecule has 0 radical (unpaired) electrons. The molecule has 7 heteroatoms. The highest BCUT2D eigenvalue weighted by Crippen LogP contribution is 2.23. The summed E-state index contributed by atoms with van der Waals surface area (Å²) in [6, 6.07) is 0. The first-order valence-corrected chi connectivity index (χ1v) is 9.32. The Balaban J connectivity index is 1.50. The van der Waals surface area contributed by atoms with E-state index in [0.29, 0.717) is 0 Å². The van der Waals surface area contributed by atoms with Crippen LogP contribution in [0.1, 0.15) is 25.0 Å². The van der Waals surface area contributed by atoms with E-state index in [2.05, 4.69) is 15.2 Å². The van der Waals surface area contributed by atoms with Gasteiger partial charge in [0, 0.05) is 45.2 Å². The Morgan fingerprint density at radius 2 is 1.91 bits per heavy atom. The van der Waals surface area contributed by atoms with Crippen LogP contribution in [0.4, 0.5) is 5.13 Å². The molecule has 0 N–H and O–H groups in total. The van der Waals surface area contributed by atoms with Crippen LogP contribution in [0.25, 0.3) is 0 Å². The Hall–Kier alpha value is -1.18. The number of aromatic nitrogens is 1. The van der Waals surface area contributed by atoms with Crippen molar-refractivity contribution in [2.75, 3.05) is 57.9 Å². The zero-order valence-corrected chi connectivity index (χ0v) is 14.7. The molecule has 2 saturated heterocycles. The first-order valence-electron chi connectivity index (χ1n) is 8.44. The van der Waals surface area contributed by atoms with E-state index in [1.807, 2.05) is 4.90 Å². The van der Waals surface area contributed by atoms with Gasteiger partial charge >= 0.3 is 0 Å². The summed E-state index contributed by atoms with van der Waals surface area (Å²) in [5, 5.41) is 3.28. The molecule has 3 rings (SSSR count). The normalized spacial score (nSPS) is 20.0. The molecule has 2 aliphatic rings. The van der Waals surface area contributed by atoms with Gasteiger partial charge in [0.2, 0.25) is 5.91 Å². The number of thiazole rings is 1.